The van der Waals surface area contributed by atoms with Gasteiger partial charge in [0.25, 0.3) is 0 Å². The van der Waals surface area contributed by atoms with Crippen LogP contribution in [0.2, 0.25) is 0 Å². The Morgan fingerprint density at radius 1 is 1.42 bits per heavy atom. The topological polar surface area (TPSA) is 17.1 Å². The summed E-state index contributed by atoms with van der Waals surface area (Å²) in [6.45, 7) is 4.70. The summed E-state index contributed by atoms with van der Waals surface area (Å²) in [6, 6.07) is 0. The van der Waals surface area contributed by atoms with Crippen LogP contribution in [0.25, 0.3) is 0 Å². The van der Waals surface area contributed by atoms with Crippen molar-refractivity contribution < 1.29 is 4.79 Å². The number of rotatable bonds is 1. The molecule has 0 aromatic heterocycles. The Morgan fingerprint density at radius 3 is 2.58 bits per heavy atom. The van der Waals surface area contributed by atoms with Crippen LogP contribution in [-0.4, -0.2) is 6.29 Å². The molecule has 0 spiro atoms. The second-order valence-corrected chi connectivity index (χ2v) is 4.73. The molecule has 66 valence electrons. The van der Waals surface area contributed by atoms with Crippen molar-refractivity contribution in [1.29, 1.82) is 0 Å². The second kappa shape index (κ2) is 2.45. The van der Waals surface area contributed by atoms with Crippen molar-refractivity contribution in [2.24, 2.45) is 17.3 Å². The fourth-order valence-electron chi connectivity index (χ4n) is 3.12. The van der Waals surface area contributed by atoms with Crippen molar-refractivity contribution in [3.05, 3.63) is 11.6 Å². The number of allylic oxidation sites excluding steroid dienone is 2. The van der Waals surface area contributed by atoms with Crippen LogP contribution in [0.15, 0.2) is 11.6 Å². The number of aldehydes is 1. The first-order chi connectivity index (χ1) is 5.66. The molecule has 0 aromatic carbocycles. The molecule has 2 rings (SSSR count). The highest BCUT2D eigenvalue weighted by atomic mass is 16.1. The van der Waals surface area contributed by atoms with E-state index in [9.17, 15) is 4.79 Å². The fraction of sp³-hybridized carbons (Fsp3) is 0.727. The van der Waals surface area contributed by atoms with Crippen LogP contribution >= 0.6 is 0 Å². The predicted octanol–water partition coefficient (Wildman–Crippen LogP) is 2.57. The monoisotopic (exact) mass is 164 g/mol. The molecule has 2 atom stereocenters. The van der Waals surface area contributed by atoms with Gasteiger partial charge < -0.3 is 0 Å². The molecular weight excluding hydrogens is 148 g/mol. The first kappa shape index (κ1) is 8.03. The van der Waals surface area contributed by atoms with Gasteiger partial charge in [0.1, 0.15) is 6.29 Å². The third-order valence-corrected chi connectivity index (χ3v) is 3.97. The summed E-state index contributed by atoms with van der Waals surface area (Å²) in [7, 11) is 0. The summed E-state index contributed by atoms with van der Waals surface area (Å²) in [5.74, 6) is 1.54. The Kier molecular flexibility index (Phi) is 1.64. The minimum atomic E-state index is 0.467. The van der Waals surface area contributed by atoms with Crippen molar-refractivity contribution >= 4 is 6.29 Å². The van der Waals surface area contributed by atoms with E-state index in [0.29, 0.717) is 11.3 Å². The molecule has 2 aliphatic rings. The van der Waals surface area contributed by atoms with Gasteiger partial charge in [-0.1, -0.05) is 19.4 Å². The van der Waals surface area contributed by atoms with Crippen LogP contribution in [0.1, 0.15) is 33.1 Å². The molecule has 0 aromatic rings. The van der Waals surface area contributed by atoms with Gasteiger partial charge in [0.05, 0.1) is 0 Å². The molecule has 2 unspecified atom stereocenters. The van der Waals surface area contributed by atoms with Gasteiger partial charge >= 0.3 is 0 Å². The van der Waals surface area contributed by atoms with Crippen molar-refractivity contribution in [3.63, 3.8) is 0 Å². The highest BCUT2D eigenvalue weighted by Gasteiger charge is 2.50. The van der Waals surface area contributed by atoms with Crippen molar-refractivity contribution in [3.8, 4) is 0 Å². The highest BCUT2D eigenvalue weighted by Crippen LogP contribution is 2.59. The van der Waals surface area contributed by atoms with Crippen LogP contribution in [0, 0.1) is 17.3 Å². The summed E-state index contributed by atoms with van der Waals surface area (Å²) in [4.78, 5) is 10.4. The number of fused-ring (bicyclic) bond motifs is 2. The smallest absolute Gasteiger partial charge is 0.142 e. The Labute approximate surface area is 73.8 Å². The first-order valence-corrected chi connectivity index (χ1v) is 4.80. The van der Waals surface area contributed by atoms with Crippen LogP contribution in [0.4, 0.5) is 0 Å². The molecule has 0 amide bonds. The van der Waals surface area contributed by atoms with Crippen molar-refractivity contribution in [2.45, 2.75) is 33.1 Å². The van der Waals surface area contributed by atoms with Crippen LogP contribution in [-0.2, 0) is 4.79 Å². The van der Waals surface area contributed by atoms with E-state index in [4.69, 9.17) is 0 Å². The maximum Gasteiger partial charge on any atom is 0.142 e. The Bertz CT molecular complexity index is 237. The molecule has 0 saturated heterocycles. The highest BCUT2D eigenvalue weighted by molar-refractivity contribution is 5.66. The third kappa shape index (κ3) is 0.886. The van der Waals surface area contributed by atoms with Gasteiger partial charge in [-0.05, 0) is 42.6 Å². The largest absolute Gasteiger partial charge is 0.299 e. The lowest BCUT2D eigenvalue weighted by Crippen LogP contribution is -2.16. The number of carbonyl (C=O) groups is 1. The van der Waals surface area contributed by atoms with Gasteiger partial charge in [-0.3, -0.25) is 4.79 Å². The molecule has 2 fully saturated rings. The first-order valence-electron chi connectivity index (χ1n) is 4.80. The van der Waals surface area contributed by atoms with E-state index in [1.807, 2.05) is 0 Å². The van der Waals surface area contributed by atoms with Crippen molar-refractivity contribution in [2.75, 3.05) is 0 Å². The third-order valence-electron chi connectivity index (χ3n) is 3.97. The summed E-state index contributed by atoms with van der Waals surface area (Å²) >= 11 is 0. The van der Waals surface area contributed by atoms with E-state index in [1.54, 1.807) is 6.08 Å². The lowest BCUT2D eigenvalue weighted by molar-refractivity contribution is -0.104. The zero-order valence-electron chi connectivity index (χ0n) is 7.84. The lowest BCUT2D eigenvalue weighted by atomic mass is 9.81. The van der Waals surface area contributed by atoms with Gasteiger partial charge in [0.15, 0.2) is 0 Å². The van der Waals surface area contributed by atoms with E-state index in [2.05, 4.69) is 13.8 Å². The average molecular weight is 164 g/mol. The molecule has 2 aliphatic carbocycles. The van der Waals surface area contributed by atoms with Gasteiger partial charge in [-0.2, -0.15) is 0 Å². The van der Waals surface area contributed by atoms with E-state index < -0.39 is 0 Å². The number of hydrogen-bond acceptors (Lipinski definition) is 1. The molecule has 0 heterocycles. The molecule has 0 radical (unpaired) electrons. The Morgan fingerprint density at radius 2 is 2.17 bits per heavy atom. The lowest BCUT2D eigenvalue weighted by Gasteiger charge is -2.23. The summed E-state index contributed by atoms with van der Waals surface area (Å²) in [6.07, 6.45) is 6.60. The maximum absolute atomic E-state index is 10.4. The zero-order chi connectivity index (χ0) is 8.77. The molecular formula is C11H16O. The van der Waals surface area contributed by atoms with E-state index in [0.717, 1.165) is 12.2 Å². The fourth-order valence-corrected chi connectivity index (χ4v) is 3.12. The van der Waals surface area contributed by atoms with Crippen LogP contribution in [0.3, 0.4) is 0 Å². The van der Waals surface area contributed by atoms with Crippen LogP contribution in [0.5, 0.6) is 0 Å². The summed E-state index contributed by atoms with van der Waals surface area (Å²) < 4.78 is 0. The van der Waals surface area contributed by atoms with E-state index in [-0.39, 0.29) is 0 Å². The molecule has 2 bridgehead atoms. The van der Waals surface area contributed by atoms with Gasteiger partial charge in [0.2, 0.25) is 0 Å². The zero-order valence-corrected chi connectivity index (χ0v) is 7.84. The summed E-state index contributed by atoms with van der Waals surface area (Å²) in [5.41, 5.74) is 1.88. The van der Waals surface area contributed by atoms with Crippen LogP contribution < -0.4 is 0 Å². The normalized spacial score (nSPS) is 40.7. The minimum Gasteiger partial charge on any atom is -0.299 e. The molecule has 2 saturated carbocycles. The molecule has 12 heavy (non-hydrogen) atoms. The number of carbonyl (C=O) groups excluding carboxylic acids is 1. The Balaban J connectivity index is 2.29. The standard InChI is InChI=1S/C11H16O/c1-11(2)9-3-4-10(11)8(7-9)5-6-12/h5-6,9-10H,3-4,7H2,1-2H3. The average Bonchev–Trinajstić information content (AvgIpc) is 2.41. The minimum absolute atomic E-state index is 0.467. The molecule has 0 N–H and O–H groups in total. The molecule has 0 aliphatic heterocycles. The SMILES string of the molecule is CC1(C)C2CCC1C(=CC=O)C2. The maximum atomic E-state index is 10.4. The number of hydrogen-bond donors (Lipinski definition) is 0. The van der Waals surface area contributed by atoms with Gasteiger partial charge in [-0.25, -0.2) is 0 Å². The Hall–Kier alpha value is -0.590. The van der Waals surface area contributed by atoms with E-state index >= 15 is 0 Å². The molecule has 1 nitrogen and oxygen atoms in total. The van der Waals surface area contributed by atoms with E-state index in [1.165, 1.54) is 24.8 Å². The predicted molar refractivity (Wildman–Crippen MR) is 48.8 cm³/mol. The van der Waals surface area contributed by atoms with Gasteiger partial charge in [0, 0.05) is 0 Å². The quantitative estimate of drug-likeness (QED) is 0.430. The second-order valence-electron chi connectivity index (χ2n) is 4.73. The summed E-state index contributed by atoms with van der Waals surface area (Å²) in [5, 5.41) is 0. The van der Waals surface area contributed by atoms with Gasteiger partial charge in [-0.15, -0.1) is 0 Å². The van der Waals surface area contributed by atoms with Crippen molar-refractivity contribution in [1.82, 2.24) is 0 Å². The molecule has 1 heteroatoms.